The monoisotopic (exact) mass is 448 g/mol. The van der Waals surface area contributed by atoms with Crippen molar-refractivity contribution < 1.29 is 19.7 Å². The number of hydrogen-bond donors (Lipinski definition) is 0. The van der Waals surface area contributed by atoms with E-state index in [9.17, 15) is 40.5 Å². The van der Waals surface area contributed by atoms with Gasteiger partial charge in [0.25, 0.3) is 22.7 Å². The second kappa shape index (κ2) is 9.45. The highest BCUT2D eigenvalue weighted by atomic mass is 16.6. The highest BCUT2D eigenvalue weighted by Gasteiger charge is 2.29. The van der Waals surface area contributed by atoms with Crippen LogP contribution in [0.1, 0.15) is 44.5 Å². The van der Waals surface area contributed by atoms with E-state index in [1.807, 2.05) is 0 Å². The van der Waals surface area contributed by atoms with Crippen molar-refractivity contribution in [3.8, 4) is 0 Å². The first kappa shape index (κ1) is 26.1. The molecule has 0 bridgehead atoms. The minimum Gasteiger partial charge on any atom is -0.258 e. The zero-order valence-electron chi connectivity index (χ0n) is 19.1. The Morgan fingerprint density at radius 3 is 0.500 bits per heavy atom. The van der Waals surface area contributed by atoms with Crippen LogP contribution in [0.4, 0.5) is 22.7 Å². The smallest absolute Gasteiger partial charge is 0.258 e. The van der Waals surface area contributed by atoms with Crippen molar-refractivity contribution >= 4 is 22.7 Å². The van der Waals surface area contributed by atoms with Gasteiger partial charge >= 0.3 is 0 Å². The van der Waals surface area contributed by atoms with E-state index in [1.165, 1.54) is 55.4 Å². The largest absolute Gasteiger partial charge is 0.276 e. The molecule has 0 saturated carbocycles. The molecule has 0 unspecified atom stereocenters. The van der Waals surface area contributed by atoms with Gasteiger partial charge in [0.1, 0.15) is 0 Å². The normalized spacial score (nSPS) is 10.2. The molecule has 172 valence electrons. The average molecular weight is 448 g/mol. The van der Waals surface area contributed by atoms with Crippen LogP contribution in [-0.4, -0.2) is 19.7 Å². The van der Waals surface area contributed by atoms with Gasteiger partial charge in [-0.15, -0.1) is 0 Å². The third-order valence-electron chi connectivity index (χ3n) is 5.82. The number of nitro benzene ring substituents is 4. The summed E-state index contributed by atoms with van der Waals surface area (Å²) in [4.78, 5) is 41.5. The quantitative estimate of drug-likeness (QED) is 0.437. The molecule has 12 nitrogen and oxygen atoms in total. The van der Waals surface area contributed by atoms with E-state index in [0.717, 1.165) is 0 Å². The van der Waals surface area contributed by atoms with Crippen molar-refractivity contribution in [1.82, 2.24) is 0 Å². The fourth-order valence-corrected chi connectivity index (χ4v) is 3.64. The Morgan fingerprint density at radius 1 is 0.344 bits per heavy atom. The molecular formula is C20H24N4O8. The first-order chi connectivity index (χ1) is 14.6. The fourth-order valence-electron chi connectivity index (χ4n) is 3.64. The number of nitro groups is 4. The van der Waals surface area contributed by atoms with Crippen LogP contribution in [0.25, 0.3) is 0 Å². The maximum Gasteiger partial charge on any atom is 0.276 e. The van der Waals surface area contributed by atoms with E-state index in [4.69, 9.17) is 0 Å². The second-order valence-electron chi connectivity index (χ2n) is 7.42. The first-order valence-electron chi connectivity index (χ1n) is 9.36. The molecule has 0 aromatic heterocycles. The molecule has 32 heavy (non-hydrogen) atoms. The summed E-state index contributed by atoms with van der Waals surface area (Å²) in [6.45, 7) is 12.3. The third-order valence-corrected chi connectivity index (χ3v) is 5.82. The van der Waals surface area contributed by atoms with Crippen molar-refractivity contribution in [3.63, 3.8) is 0 Å². The minimum atomic E-state index is -0.492. The number of nitrogens with zero attached hydrogens (tertiary/aromatic N) is 4. The summed E-state index contributed by atoms with van der Waals surface area (Å²) in [6.07, 6.45) is 0. The van der Waals surface area contributed by atoms with E-state index < -0.39 is 19.7 Å². The lowest BCUT2D eigenvalue weighted by molar-refractivity contribution is -0.390. The van der Waals surface area contributed by atoms with E-state index in [0.29, 0.717) is 44.5 Å². The SMILES string of the molecule is Cc1c(C)c([N+](=O)[O-])c(C)c(C)c1[N+](=O)[O-].Cc1c(C)c([N+](=O)[O-])c(C)c(C)c1[N+](=O)[O-]. The molecule has 0 fully saturated rings. The van der Waals surface area contributed by atoms with Gasteiger partial charge in [0.05, 0.1) is 19.7 Å². The van der Waals surface area contributed by atoms with Crippen LogP contribution in [0.15, 0.2) is 0 Å². The molecule has 0 saturated heterocycles. The number of benzene rings is 2. The van der Waals surface area contributed by atoms with Gasteiger partial charge in [-0.2, -0.15) is 0 Å². The van der Waals surface area contributed by atoms with Crippen molar-refractivity contribution in [1.29, 1.82) is 0 Å². The Morgan fingerprint density at radius 2 is 0.438 bits per heavy atom. The summed E-state index contributed by atoms with van der Waals surface area (Å²) in [7, 11) is 0. The minimum absolute atomic E-state index is 0.0272. The van der Waals surface area contributed by atoms with Crippen LogP contribution in [0, 0.1) is 95.8 Å². The van der Waals surface area contributed by atoms with Crippen LogP contribution < -0.4 is 0 Å². The summed E-state index contributed by atoms with van der Waals surface area (Å²) in [5.74, 6) is 0. The Labute approximate surface area is 183 Å². The first-order valence-corrected chi connectivity index (χ1v) is 9.36. The predicted molar refractivity (Wildman–Crippen MR) is 117 cm³/mol. The van der Waals surface area contributed by atoms with E-state index >= 15 is 0 Å². The lowest BCUT2D eigenvalue weighted by Gasteiger charge is -2.09. The molecule has 2 aromatic rings. The number of hydrogen-bond acceptors (Lipinski definition) is 8. The van der Waals surface area contributed by atoms with Gasteiger partial charge < -0.3 is 0 Å². The summed E-state index contributed by atoms with van der Waals surface area (Å²) in [5, 5.41) is 43.5. The second-order valence-corrected chi connectivity index (χ2v) is 7.42. The van der Waals surface area contributed by atoms with Crippen LogP contribution in [0.3, 0.4) is 0 Å². The topological polar surface area (TPSA) is 173 Å². The van der Waals surface area contributed by atoms with Crippen molar-refractivity contribution in [2.24, 2.45) is 0 Å². The molecule has 2 aromatic carbocycles. The molecule has 2 rings (SSSR count). The van der Waals surface area contributed by atoms with Gasteiger partial charge in [-0.25, -0.2) is 0 Å². The molecule has 0 aliphatic heterocycles. The van der Waals surface area contributed by atoms with Gasteiger partial charge in [0, 0.05) is 44.5 Å². The van der Waals surface area contributed by atoms with Gasteiger partial charge in [0.2, 0.25) is 0 Å². The molecule has 0 atom stereocenters. The maximum atomic E-state index is 10.9. The molecule has 0 radical (unpaired) electrons. The summed E-state index contributed by atoms with van der Waals surface area (Å²) < 4.78 is 0. The summed E-state index contributed by atoms with van der Waals surface area (Å²) >= 11 is 0. The van der Waals surface area contributed by atoms with Crippen molar-refractivity contribution in [2.45, 2.75) is 55.4 Å². The van der Waals surface area contributed by atoms with E-state index in [-0.39, 0.29) is 22.7 Å². The molecular weight excluding hydrogens is 424 g/mol. The van der Waals surface area contributed by atoms with Gasteiger partial charge in [-0.1, -0.05) is 0 Å². The van der Waals surface area contributed by atoms with E-state index in [1.54, 1.807) is 0 Å². The Bertz CT molecular complexity index is 932. The van der Waals surface area contributed by atoms with Crippen LogP contribution in [0.5, 0.6) is 0 Å². The molecule has 0 heterocycles. The van der Waals surface area contributed by atoms with Crippen molar-refractivity contribution in [2.75, 3.05) is 0 Å². The Hall–Kier alpha value is -3.96. The standard InChI is InChI=1S/2C10H12N2O4/c2*1-5-6(2)10(12(15)16)8(4)7(3)9(5)11(13)14/h2*1-4H3. The van der Waals surface area contributed by atoms with Crippen molar-refractivity contribution in [3.05, 3.63) is 85.0 Å². The molecule has 12 heteroatoms. The van der Waals surface area contributed by atoms with Crippen LogP contribution in [-0.2, 0) is 0 Å². The zero-order chi connectivity index (χ0) is 25.2. The molecule has 0 spiro atoms. The van der Waals surface area contributed by atoms with Crippen LogP contribution >= 0.6 is 0 Å². The Balaban J connectivity index is 0.000000320. The lowest BCUT2D eigenvalue weighted by Crippen LogP contribution is -2.04. The summed E-state index contributed by atoms with van der Waals surface area (Å²) in [6, 6.07) is 0. The number of rotatable bonds is 4. The zero-order valence-corrected chi connectivity index (χ0v) is 19.1. The molecule has 0 N–H and O–H groups in total. The molecule has 0 aliphatic carbocycles. The van der Waals surface area contributed by atoms with Gasteiger partial charge in [0.15, 0.2) is 0 Å². The predicted octanol–water partition coefficient (Wildman–Crippen LogP) is 5.47. The average Bonchev–Trinajstić information content (AvgIpc) is 2.65. The van der Waals surface area contributed by atoms with E-state index in [2.05, 4.69) is 0 Å². The Kier molecular flexibility index (Phi) is 7.70. The third kappa shape index (κ3) is 4.53. The molecule has 0 amide bonds. The maximum absolute atomic E-state index is 10.9. The fraction of sp³-hybridized carbons (Fsp3) is 0.400. The highest BCUT2D eigenvalue weighted by Crippen LogP contribution is 2.37. The lowest BCUT2D eigenvalue weighted by atomic mass is 9.96. The van der Waals surface area contributed by atoms with Gasteiger partial charge in [-0.3, -0.25) is 40.5 Å². The van der Waals surface area contributed by atoms with Crippen LogP contribution in [0.2, 0.25) is 0 Å². The summed E-state index contributed by atoms with van der Waals surface area (Å²) in [5.41, 5.74) is 2.78. The van der Waals surface area contributed by atoms with Gasteiger partial charge in [-0.05, 0) is 55.4 Å². The highest BCUT2D eigenvalue weighted by molar-refractivity contribution is 5.65. The molecule has 0 aliphatic rings.